The maximum absolute atomic E-state index is 12.3. The van der Waals surface area contributed by atoms with E-state index in [1.54, 1.807) is 13.8 Å². The number of ether oxygens (including phenoxy) is 2. The summed E-state index contributed by atoms with van der Waals surface area (Å²) in [5, 5.41) is 11.3. The zero-order chi connectivity index (χ0) is 23.4. The number of aliphatic hydroxyl groups is 1. The number of alkyl halides is 3. The first-order valence-electron chi connectivity index (χ1n) is 8.94. The standard InChI is InChI=1S/C17H22F3N3O6S2/c1-9-5-23(15(27)22-13(9)25)12-4-10(11(6-24)29-12)28-8-30-31-16(2,3)7-21-14(26)17(18,19)20/h5,12,24H,4,6-8H2,1-3H3,(H,21,26)(H,22,25,27)/t12-/m1/s1. The highest BCUT2D eigenvalue weighted by molar-refractivity contribution is 8.77. The van der Waals surface area contributed by atoms with Crippen LogP contribution in [0, 0.1) is 6.92 Å². The minimum Gasteiger partial charge on any atom is -0.483 e. The number of rotatable bonds is 9. The largest absolute Gasteiger partial charge is 0.483 e. The van der Waals surface area contributed by atoms with E-state index in [1.165, 1.54) is 39.3 Å². The van der Waals surface area contributed by atoms with Gasteiger partial charge in [0.15, 0.2) is 12.0 Å². The molecule has 1 aromatic rings. The van der Waals surface area contributed by atoms with Crippen molar-refractivity contribution in [2.45, 2.75) is 44.3 Å². The molecule has 1 amide bonds. The summed E-state index contributed by atoms with van der Waals surface area (Å²) >= 11 is 0. The Morgan fingerprint density at radius 2 is 2.10 bits per heavy atom. The molecule has 0 fully saturated rings. The fourth-order valence-electron chi connectivity index (χ4n) is 2.47. The number of carbonyl (C=O) groups is 1. The molecule has 31 heavy (non-hydrogen) atoms. The number of nitrogens with one attached hydrogen (secondary N) is 2. The molecule has 14 heteroatoms. The van der Waals surface area contributed by atoms with Gasteiger partial charge in [-0.25, -0.2) is 4.79 Å². The number of aryl methyl sites for hydroxylation is 1. The molecule has 0 bridgehead atoms. The van der Waals surface area contributed by atoms with Gasteiger partial charge < -0.3 is 19.9 Å². The van der Waals surface area contributed by atoms with Gasteiger partial charge in [0, 0.05) is 23.1 Å². The van der Waals surface area contributed by atoms with Crippen LogP contribution in [0.4, 0.5) is 13.2 Å². The van der Waals surface area contributed by atoms with E-state index in [2.05, 4.69) is 4.98 Å². The number of amides is 1. The highest BCUT2D eigenvalue weighted by Gasteiger charge is 2.39. The van der Waals surface area contributed by atoms with Crippen LogP contribution >= 0.6 is 21.6 Å². The molecule has 0 radical (unpaired) electrons. The van der Waals surface area contributed by atoms with Crippen LogP contribution in [0.25, 0.3) is 0 Å². The summed E-state index contributed by atoms with van der Waals surface area (Å²) in [5.41, 5.74) is -0.852. The maximum atomic E-state index is 12.3. The third kappa shape index (κ3) is 6.97. The molecular weight excluding hydrogens is 463 g/mol. The molecule has 0 spiro atoms. The Morgan fingerprint density at radius 1 is 1.42 bits per heavy atom. The lowest BCUT2D eigenvalue weighted by atomic mass is 10.2. The average Bonchev–Trinajstić information content (AvgIpc) is 3.08. The van der Waals surface area contributed by atoms with Crippen LogP contribution in [-0.2, 0) is 14.3 Å². The Labute approximate surface area is 182 Å². The number of hydrogen-bond acceptors (Lipinski definition) is 8. The number of halogens is 3. The molecule has 2 heterocycles. The molecule has 174 valence electrons. The molecular formula is C17H22F3N3O6S2. The molecule has 0 unspecified atom stereocenters. The number of aromatic amines is 1. The monoisotopic (exact) mass is 485 g/mol. The van der Waals surface area contributed by atoms with Crippen molar-refractivity contribution in [2.24, 2.45) is 0 Å². The fourth-order valence-corrected chi connectivity index (χ4v) is 4.58. The van der Waals surface area contributed by atoms with E-state index in [0.29, 0.717) is 11.3 Å². The van der Waals surface area contributed by atoms with Crippen molar-refractivity contribution in [1.29, 1.82) is 0 Å². The Morgan fingerprint density at radius 3 is 2.71 bits per heavy atom. The number of aromatic nitrogens is 2. The predicted octanol–water partition coefficient (Wildman–Crippen LogP) is 1.78. The normalized spacial score (nSPS) is 16.9. The van der Waals surface area contributed by atoms with E-state index in [4.69, 9.17) is 9.47 Å². The number of carbonyl (C=O) groups excluding carboxylic acids is 1. The highest BCUT2D eigenvalue weighted by atomic mass is 33.1. The van der Waals surface area contributed by atoms with Gasteiger partial charge in [-0.2, -0.15) is 13.2 Å². The van der Waals surface area contributed by atoms with Crippen LogP contribution in [-0.4, -0.2) is 50.6 Å². The summed E-state index contributed by atoms with van der Waals surface area (Å²) in [5.74, 6) is -1.46. The van der Waals surface area contributed by atoms with Gasteiger partial charge in [0.1, 0.15) is 18.3 Å². The smallest absolute Gasteiger partial charge is 0.471 e. The first-order chi connectivity index (χ1) is 14.3. The molecule has 0 saturated carbocycles. The molecule has 0 aliphatic carbocycles. The molecule has 1 aromatic heterocycles. The van der Waals surface area contributed by atoms with Crippen LogP contribution in [0.2, 0.25) is 0 Å². The Bertz CT molecular complexity index is 958. The van der Waals surface area contributed by atoms with Crippen LogP contribution in [0.15, 0.2) is 27.3 Å². The minimum absolute atomic E-state index is 0.0791. The second kappa shape index (κ2) is 10.0. The van der Waals surface area contributed by atoms with E-state index in [9.17, 15) is 32.7 Å². The maximum Gasteiger partial charge on any atom is 0.471 e. The molecule has 2 rings (SSSR count). The third-order valence-corrected chi connectivity index (χ3v) is 6.97. The molecule has 9 nitrogen and oxygen atoms in total. The lowest BCUT2D eigenvalue weighted by molar-refractivity contribution is -0.173. The van der Waals surface area contributed by atoms with E-state index in [1.807, 2.05) is 5.32 Å². The van der Waals surface area contributed by atoms with Gasteiger partial charge in [-0.1, -0.05) is 21.6 Å². The summed E-state index contributed by atoms with van der Waals surface area (Å²) in [6.45, 7) is 4.20. The first kappa shape index (κ1) is 25.2. The third-order valence-electron chi connectivity index (χ3n) is 4.05. The van der Waals surface area contributed by atoms with Crippen molar-refractivity contribution in [3.05, 3.63) is 44.1 Å². The quantitative estimate of drug-likeness (QED) is 0.275. The van der Waals surface area contributed by atoms with Crippen LogP contribution in [0.5, 0.6) is 0 Å². The Kier molecular flexibility index (Phi) is 8.16. The molecule has 1 aliphatic heterocycles. The van der Waals surface area contributed by atoms with Crippen molar-refractivity contribution >= 4 is 27.5 Å². The first-order valence-corrected chi connectivity index (χ1v) is 11.3. The van der Waals surface area contributed by atoms with Crippen LogP contribution < -0.4 is 16.6 Å². The van der Waals surface area contributed by atoms with Gasteiger partial charge in [0.05, 0.1) is 6.42 Å². The van der Waals surface area contributed by atoms with E-state index in [-0.39, 0.29) is 24.7 Å². The molecule has 0 aromatic carbocycles. The van der Waals surface area contributed by atoms with E-state index >= 15 is 0 Å². The summed E-state index contributed by atoms with van der Waals surface area (Å²) in [6.07, 6.45) is -4.24. The van der Waals surface area contributed by atoms with Crippen molar-refractivity contribution < 1.29 is 32.5 Å². The van der Waals surface area contributed by atoms with Gasteiger partial charge in [-0.05, 0) is 20.8 Å². The summed E-state index contributed by atoms with van der Waals surface area (Å²) in [4.78, 5) is 36.6. The lowest BCUT2D eigenvalue weighted by Gasteiger charge is -2.23. The Balaban J connectivity index is 1.87. The number of hydrogen-bond donors (Lipinski definition) is 3. The van der Waals surface area contributed by atoms with Gasteiger partial charge in [0.25, 0.3) is 5.56 Å². The minimum atomic E-state index is -4.94. The summed E-state index contributed by atoms with van der Waals surface area (Å²) in [7, 11) is 2.41. The van der Waals surface area contributed by atoms with Gasteiger partial charge in [-0.3, -0.25) is 19.1 Å². The number of H-pyrrole nitrogens is 1. The lowest BCUT2D eigenvalue weighted by Crippen LogP contribution is -2.42. The Hall–Kier alpha value is -2.06. The summed E-state index contributed by atoms with van der Waals surface area (Å²) < 4.78 is 48.5. The fraction of sp³-hybridized carbons (Fsp3) is 0.588. The molecule has 1 atom stereocenters. The second-order valence-electron chi connectivity index (χ2n) is 7.16. The zero-order valence-corrected chi connectivity index (χ0v) is 18.5. The van der Waals surface area contributed by atoms with Crippen LogP contribution in [0.1, 0.15) is 32.1 Å². The predicted molar refractivity (Wildman–Crippen MR) is 109 cm³/mol. The SMILES string of the molecule is Cc1cn([C@H]2CC(OCSSC(C)(C)CNC(=O)C(F)(F)F)=C(CO)O2)c(=O)[nH]c1=O. The molecule has 0 saturated heterocycles. The topological polar surface area (TPSA) is 123 Å². The average molecular weight is 486 g/mol. The van der Waals surface area contributed by atoms with E-state index < -0.39 is 40.9 Å². The zero-order valence-electron chi connectivity index (χ0n) is 16.9. The number of aliphatic hydroxyl groups excluding tert-OH is 1. The molecule has 3 N–H and O–H groups in total. The van der Waals surface area contributed by atoms with Crippen molar-refractivity contribution in [3.63, 3.8) is 0 Å². The van der Waals surface area contributed by atoms with Gasteiger partial charge >= 0.3 is 17.8 Å². The summed E-state index contributed by atoms with van der Waals surface area (Å²) in [6, 6.07) is 0. The van der Waals surface area contributed by atoms with Gasteiger partial charge in [-0.15, -0.1) is 0 Å². The van der Waals surface area contributed by atoms with Gasteiger partial charge in [0.2, 0.25) is 0 Å². The number of nitrogens with zero attached hydrogens (tertiary/aromatic N) is 1. The van der Waals surface area contributed by atoms with Crippen molar-refractivity contribution in [3.8, 4) is 0 Å². The van der Waals surface area contributed by atoms with Crippen molar-refractivity contribution in [2.75, 3.05) is 19.1 Å². The van der Waals surface area contributed by atoms with E-state index in [0.717, 1.165) is 0 Å². The molecule has 1 aliphatic rings. The second-order valence-corrected chi connectivity index (χ2v) is 10.1. The van der Waals surface area contributed by atoms with Crippen LogP contribution in [0.3, 0.4) is 0 Å². The van der Waals surface area contributed by atoms with Crippen molar-refractivity contribution in [1.82, 2.24) is 14.9 Å². The highest BCUT2D eigenvalue weighted by Crippen LogP contribution is 2.38.